The molecule has 17 aromatic carbocycles. The highest BCUT2D eigenvalue weighted by Gasteiger charge is 2.34. The highest BCUT2D eigenvalue weighted by atomic mass is 15.1. The molecule has 0 unspecified atom stereocenters. The Bertz CT molecular complexity index is 7010. The van der Waals surface area contributed by atoms with Gasteiger partial charge in [0.05, 0.1) is 101 Å². The molecule has 0 aliphatic carbocycles. The van der Waals surface area contributed by atoms with Gasteiger partial charge in [0.15, 0.2) is 0 Å². The van der Waals surface area contributed by atoms with Gasteiger partial charge in [0.25, 0.3) is 0 Å². The standard InChI is InChI=1S/C104H62N8/c105-63-65-43-47-69(48-44-65)100-99(67-23-3-1-4-24-67)101(70-49-45-66(64-106)46-50-70)104(112-97-57-53-73(109-91-39-19-11-31-79(91)80-32-12-20-40-92(80)109)61-85(97)86-62-74(54-58-98(86)112)110-93-41-21-13-33-81(93)82-34-14-22-42-94(82)110)102(68-25-5-2-6-26-68)103(100)111-95-55-51-71(107-87-35-15-7-27-75(87)76-28-8-16-36-88(76)107)59-83(95)84-60-72(52-56-96(84)111)108-89-37-17-9-29-77(89)78-30-10-18-38-90(78)108/h1-62H. The number of nitriles is 2. The average Bonchev–Trinajstić information content (AvgIpc) is 1.36. The highest BCUT2D eigenvalue weighted by Crippen LogP contribution is 2.56. The van der Waals surface area contributed by atoms with Gasteiger partial charge in [-0.2, -0.15) is 10.5 Å². The molecule has 0 amide bonds. The highest BCUT2D eigenvalue weighted by molar-refractivity contribution is 6.21. The summed E-state index contributed by atoms with van der Waals surface area (Å²) in [5.74, 6) is 0. The Kier molecular flexibility index (Phi) is 13.7. The average molecular weight is 1420 g/mol. The molecule has 0 saturated heterocycles. The zero-order valence-electron chi connectivity index (χ0n) is 60.4. The Morgan fingerprint density at radius 2 is 0.366 bits per heavy atom. The van der Waals surface area contributed by atoms with E-state index in [2.05, 4.69) is 391 Å². The molecule has 0 saturated carbocycles. The van der Waals surface area contributed by atoms with E-state index in [1.54, 1.807) is 0 Å². The van der Waals surface area contributed by atoms with Crippen molar-refractivity contribution in [2.75, 3.05) is 0 Å². The van der Waals surface area contributed by atoms with E-state index in [4.69, 9.17) is 0 Å². The van der Waals surface area contributed by atoms with Crippen molar-refractivity contribution in [2.24, 2.45) is 0 Å². The molecule has 0 fully saturated rings. The second-order valence-corrected chi connectivity index (χ2v) is 29.3. The molecule has 6 heterocycles. The van der Waals surface area contributed by atoms with Crippen molar-refractivity contribution in [1.29, 1.82) is 10.5 Å². The SMILES string of the molecule is N#Cc1ccc(-c2c(-c3ccccc3)c(-c3ccc(C#N)cc3)c(-n3c4ccc(-n5c6ccccc6c6ccccc65)cc4c4cc(-n5c6ccccc6c6ccccc65)ccc43)c(-c3ccccc3)c2-n2c3ccc(-n4c5ccccc5c5ccccc54)cc3c3cc(-n4c5ccccc5c5ccccc54)ccc32)cc1. The number of fused-ring (bicyclic) bond motifs is 18. The molecule has 0 radical (unpaired) electrons. The van der Waals surface area contributed by atoms with Gasteiger partial charge in [-0.1, -0.05) is 231 Å². The second-order valence-electron chi connectivity index (χ2n) is 29.3. The van der Waals surface area contributed by atoms with Gasteiger partial charge in [0.2, 0.25) is 0 Å². The first-order chi connectivity index (χ1) is 55.5. The van der Waals surface area contributed by atoms with Gasteiger partial charge in [-0.15, -0.1) is 0 Å². The zero-order chi connectivity index (χ0) is 73.8. The fourth-order valence-corrected chi connectivity index (χ4v) is 18.8. The topological polar surface area (TPSA) is 77.2 Å². The molecule has 8 heteroatoms. The molecule has 0 aliphatic rings. The number of para-hydroxylation sites is 8. The maximum Gasteiger partial charge on any atom is 0.0991 e. The fraction of sp³-hybridized carbons (Fsp3) is 0. The minimum absolute atomic E-state index is 0.552. The van der Waals surface area contributed by atoms with E-state index >= 15 is 0 Å². The molecule has 0 aliphatic heterocycles. The van der Waals surface area contributed by atoms with Crippen LogP contribution in [0.5, 0.6) is 0 Å². The summed E-state index contributed by atoms with van der Waals surface area (Å²) in [7, 11) is 0. The number of benzene rings is 17. The van der Waals surface area contributed by atoms with Crippen LogP contribution < -0.4 is 0 Å². The van der Waals surface area contributed by atoms with Gasteiger partial charge < -0.3 is 27.4 Å². The van der Waals surface area contributed by atoms with Crippen LogP contribution in [0.2, 0.25) is 0 Å². The van der Waals surface area contributed by atoms with Gasteiger partial charge in [-0.3, -0.25) is 0 Å². The molecule has 6 aromatic heterocycles. The summed E-state index contributed by atoms with van der Waals surface area (Å²) in [6, 6.07) is 142. The van der Waals surface area contributed by atoms with E-state index in [1.807, 2.05) is 24.3 Å². The summed E-state index contributed by atoms with van der Waals surface area (Å²) >= 11 is 0. The van der Waals surface area contributed by atoms with Crippen LogP contribution in [0.1, 0.15) is 11.1 Å². The van der Waals surface area contributed by atoms with Crippen LogP contribution in [0.15, 0.2) is 376 Å². The fourth-order valence-electron chi connectivity index (χ4n) is 18.8. The Labute approximate surface area is 642 Å². The lowest BCUT2D eigenvalue weighted by Gasteiger charge is -2.30. The summed E-state index contributed by atoms with van der Waals surface area (Å²) in [5, 5.41) is 35.3. The lowest BCUT2D eigenvalue weighted by atomic mass is 9.80. The maximum absolute atomic E-state index is 10.8. The molecular weight excluding hydrogens is 1360 g/mol. The monoisotopic (exact) mass is 1420 g/mol. The van der Waals surface area contributed by atoms with Crippen LogP contribution in [-0.2, 0) is 0 Å². The molecular formula is C104H62N8. The van der Waals surface area contributed by atoms with Crippen molar-refractivity contribution in [1.82, 2.24) is 27.4 Å². The minimum atomic E-state index is 0.552. The number of hydrogen-bond donors (Lipinski definition) is 0. The molecule has 23 rings (SSSR count). The van der Waals surface area contributed by atoms with Gasteiger partial charge in [-0.25, -0.2) is 0 Å². The van der Waals surface area contributed by atoms with Gasteiger partial charge >= 0.3 is 0 Å². The predicted molar refractivity (Wildman–Crippen MR) is 464 cm³/mol. The van der Waals surface area contributed by atoms with Crippen LogP contribution >= 0.6 is 0 Å². The van der Waals surface area contributed by atoms with Crippen molar-refractivity contribution >= 4 is 131 Å². The minimum Gasteiger partial charge on any atom is -0.309 e. The Morgan fingerprint density at radius 3 is 0.607 bits per heavy atom. The molecule has 0 bridgehead atoms. The van der Waals surface area contributed by atoms with E-state index in [9.17, 15) is 10.5 Å². The summed E-state index contributed by atoms with van der Waals surface area (Å²) in [6.45, 7) is 0. The van der Waals surface area contributed by atoms with Crippen molar-refractivity contribution in [2.45, 2.75) is 0 Å². The van der Waals surface area contributed by atoms with Crippen LogP contribution in [0, 0.1) is 22.7 Å². The van der Waals surface area contributed by atoms with E-state index in [0.29, 0.717) is 11.1 Å². The van der Waals surface area contributed by atoms with E-state index < -0.39 is 0 Å². The number of hydrogen-bond acceptors (Lipinski definition) is 2. The largest absolute Gasteiger partial charge is 0.309 e. The third-order valence-corrected chi connectivity index (χ3v) is 23.4. The Hall–Kier alpha value is -15.5. The van der Waals surface area contributed by atoms with Crippen LogP contribution in [0.3, 0.4) is 0 Å². The Balaban J connectivity index is 0.932. The molecule has 518 valence electrons. The summed E-state index contributed by atoms with van der Waals surface area (Å²) in [6.07, 6.45) is 0. The third kappa shape index (κ3) is 9.15. The van der Waals surface area contributed by atoms with Crippen LogP contribution in [0.4, 0.5) is 0 Å². The first-order valence-electron chi connectivity index (χ1n) is 38.0. The molecule has 23 aromatic rings. The molecule has 112 heavy (non-hydrogen) atoms. The molecule has 0 atom stereocenters. The summed E-state index contributed by atoms with van der Waals surface area (Å²) < 4.78 is 14.9. The van der Waals surface area contributed by atoms with E-state index in [-0.39, 0.29) is 0 Å². The lowest BCUT2D eigenvalue weighted by molar-refractivity contribution is 1.13. The van der Waals surface area contributed by atoms with E-state index in [1.165, 1.54) is 43.1 Å². The predicted octanol–water partition coefficient (Wildman–Crippen LogP) is 26.7. The third-order valence-electron chi connectivity index (χ3n) is 23.4. The second kappa shape index (κ2) is 24.5. The normalized spacial score (nSPS) is 11.9. The van der Waals surface area contributed by atoms with Crippen LogP contribution in [-0.4, -0.2) is 27.4 Å². The lowest BCUT2D eigenvalue weighted by Crippen LogP contribution is -2.10. The number of rotatable bonds is 10. The van der Waals surface area contributed by atoms with Gasteiger partial charge in [0.1, 0.15) is 0 Å². The molecule has 0 N–H and O–H groups in total. The van der Waals surface area contributed by atoms with Gasteiger partial charge in [0, 0.05) is 110 Å². The summed E-state index contributed by atoms with van der Waals surface area (Å²) in [5.41, 5.74) is 27.7. The van der Waals surface area contributed by atoms with Crippen molar-refractivity contribution in [3.63, 3.8) is 0 Å². The first kappa shape index (κ1) is 62.7. The van der Waals surface area contributed by atoms with Crippen molar-refractivity contribution in [3.05, 3.63) is 387 Å². The quantitative estimate of drug-likeness (QED) is 0.137. The van der Waals surface area contributed by atoms with E-state index in [0.717, 1.165) is 166 Å². The number of aromatic nitrogens is 6. The number of nitrogens with zero attached hydrogens (tertiary/aromatic N) is 8. The first-order valence-corrected chi connectivity index (χ1v) is 38.0. The van der Waals surface area contributed by atoms with Crippen molar-refractivity contribution in [3.8, 4) is 90.8 Å². The smallest absolute Gasteiger partial charge is 0.0991 e. The maximum atomic E-state index is 10.8. The van der Waals surface area contributed by atoms with Gasteiger partial charge in [-0.05, 0) is 168 Å². The van der Waals surface area contributed by atoms with Crippen LogP contribution in [0.25, 0.3) is 209 Å². The zero-order valence-corrected chi connectivity index (χ0v) is 60.4. The Morgan fingerprint density at radius 1 is 0.161 bits per heavy atom. The summed E-state index contributed by atoms with van der Waals surface area (Å²) in [4.78, 5) is 0. The molecule has 0 spiro atoms. The van der Waals surface area contributed by atoms with Crippen molar-refractivity contribution < 1.29 is 0 Å². The molecule has 8 nitrogen and oxygen atoms in total.